The molecule has 1 nitrogen and oxygen atoms in total. The predicted molar refractivity (Wildman–Crippen MR) is 66.8 cm³/mol. The molecule has 0 saturated heterocycles. The molecule has 0 aliphatic heterocycles. The lowest BCUT2D eigenvalue weighted by molar-refractivity contribution is 0.827. The molecule has 0 aliphatic rings. The van der Waals surface area contributed by atoms with E-state index in [4.69, 9.17) is 0 Å². The van der Waals surface area contributed by atoms with Gasteiger partial charge in [0.1, 0.15) is 0 Å². The number of rotatable bonds is 5. The van der Waals surface area contributed by atoms with Crippen LogP contribution >= 0.6 is 0 Å². The van der Waals surface area contributed by atoms with Crippen molar-refractivity contribution >= 4 is 5.69 Å². The maximum Gasteiger partial charge on any atom is 0.0340 e. The third-order valence-electron chi connectivity index (χ3n) is 2.13. The topological polar surface area (TPSA) is 12.0 Å². The van der Waals surface area contributed by atoms with Crippen molar-refractivity contribution in [2.45, 2.75) is 32.6 Å². The third kappa shape index (κ3) is 5.80. The van der Waals surface area contributed by atoms with Crippen LogP contribution in [0.3, 0.4) is 0 Å². The first kappa shape index (κ1) is 11.7. The number of hydrogen-bond donors (Lipinski definition) is 1. The number of nitrogens with one attached hydrogen (secondary N) is 1. The Balaban J connectivity index is 2.08. The highest BCUT2D eigenvalue weighted by atomic mass is 14.9. The molecule has 0 fully saturated rings. The molecule has 0 atom stereocenters. The van der Waals surface area contributed by atoms with Crippen molar-refractivity contribution in [1.29, 1.82) is 0 Å². The quantitative estimate of drug-likeness (QED) is 0.566. The second-order valence-corrected chi connectivity index (χ2v) is 3.50. The van der Waals surface area contributed by atoms with Gasteiger partial charge in [0.25, 0.3) is 0 Å². The molecule has 15 heavy (non-hydrogen) atoms. The molecule has 1 N–H and O–H groups in total. The van der Waals surface area contributed by atoms with Crippen LogP contribution in [0, 0.1) is 11.8 Å². The normalized spacial score (nSPS) is 9.13. The Labute approximate surface area is 92.9 Å². The van der Waals surface area contributed by atoms with Crippen LogP contribution in [0.5, 0.6) is 0 Å². The number of hydrogen-bond acceptors (Lipinski definition) is 1. The SMILES string of the molecule is CCCCC#CCCNc1ccccc1. The molecule has 0 amide bonds. The molecule has 0 aromatic heterocycles. The highest BCUT2D eigenvalue weighted by molar-refractivity contribution is 5.42. The number of para-hydroxylation sites is 1. The van der Waals surface area contributed by atoms with Gasteiger partial charge in [-0.05, 0) is 18.6 Å². The smallest absolute Gasteiger partial charge is 0.0340 e. The van der Waals surface area contributed by atoms with Crippen molar-refractivity contribution in [3.8, 4) is 11.8 Å². The molecule has 0 aliphatic carbocycles. The Bertz CT molecular complexity index is 305. The van der Waals surface area contributed by atoms with E-state index in [1.54, 1.807) is 0 Å². The summed E-state index contributed by atoms with van der Waals surface area (Å²) in [5.41, 5.74) is 1.17. The summed E-state index contributed by atoms with van der Waals surface area (Å²) in [5.74, 6) is 6.36. The first-order valence-corrected chi connectivity index (χ1v) is 5.68. The largest absolute Gasteiger partial charge is 0.384 e. The van der Waals surface area contributed by atoms with Crippen LogP contribution in [0.15, 0.2) is 30.3 Å². The van der Waals surface area contributed by atoms with Crippen LogP contribution in [-0.2, 0) is 0 Å². The van der Waals surface area contributed by atoms with E-state index < -0.39 is 0 Å². The fourth-order valence-electron chi connectivity index (χ4n) is 1.27. The first-order chi connectivity index (χ1) is 7.43. The summed E-state index contributed by atoms with van der Waals surface area (Å²) in [6, 6.07) is 10.2. The number of anilines is 1. The van der Waals surface area contributed by atoms with E-state index >= 15 is 0 Å². The summed E-state index contributed by atoms with van der Waals surface area (Å²) in [6.45, 7) is 3.13. The Morgan fingerprint density at radius 3 is 2.53 bits per heavy atom. The minimum Gasteiger partial charge on any atom is -0.384 e. The summed E-state index contributed by atoms with van der Waals surface area (Å²) in [4.78, 5) is 0. The molecule has 1 aromatic rings. The van der Waals surface area contributed by atoms with Gasteiger partial charge in [-0.25, -0.2) is 0 Å². The fraction of sp³-hybridized carbons (Fsp3) is 0.429. The summed E-state index contributed by atoms with van der Waals surface area (Å²) in [5, 5.41) is 3.33. The Hall–Kier alpha value is -1.42. The van der Waals surface area contributed by atoms with E-state index in [9.17, 15) is 0 Å². The minimum atomic E-state index is 0.929. The van der Waals surface area contributed by atoms with Crippen molar-refractivity contribution in [2.24, 2.45) is 0 Å². The monoisotopic (exact) mass is 201 g/mol. The third-order valence-corrected chi connectivity index (χ3v) is 2.13. The summed E-state index contributed by atoms with van der Waals surface area (Å²) in [7, 11) is 0. The lowest BCUT2D eigenvalue weighted by Gasteiger charge is -2.01. The van der Waals surface area contributed by atoms with Gasteiger partial charge in [-0.15, -0.1) is 11.8 Å². The maximum atomic E-state index is 3.33. The Morgan fingerprint density at radius 1 is 1.07 bits per heavy atom. The van der Waals surface area contributed by atoms with Gasteiger partial charge >= 0.3 is 0 Å². The zero-order valence-corrected chi connectivity index (χ0v) is 9.42. The molecule has 0 spiro atoms. The van der Waals surface area contributed by atoms with E-state index in [0.29, 0.717) is 0 Å². The van der Waals surface area contributed by atoms with E-state index in [0.717, 1.165) is 19.4 Å². The van der Waals surface area contributed by atoms with E-state index in [-0.39, 0.29) is 0 Å². The zero-order valence-electron chi connectivity index (χ0n) is 9.42. The van der Waals surface area contributed by atoms with E-state index in [1.807, 2.05) is 18.2 Å². The van der Waals surface area contributed by atoms with Gasteiger partial charge in [0, 0.05) is 25.1 Å². The lowest BCUT2D eigenvalue weighted by Crippen LogP contribution is -1.99. The first-order valence-electron chi connectivity index (χ1n) is 5.68. The molecular weight excluding hydrogens is 182 g/mol. The average Bonchev–Trinajstić information content (AvgIpc) is 2.29. The van der Waals surface area contributed by atoms with Crippen LogP contribution in [0.25, 0.3) is 0 Å². The molecule has 1 aromatic carbocycles. The van der Waals surface area contributed by atoms with Crippen molar-refractivity contribution in [3.63, 3.8) is 0 Å². The molecule has 0 saturated carbocycles. The molecule has 80 valence electrons. The highest BCUT2D eigenvalue weighted by Gasteiger charge is 1.86. The van der Waals surface area contributed by atoms with Gasteiger partial charge in [0.2, 0.25) is 0 Å². The summed E-state index contributed by atoms with van der Waals surface area (Å²) < 4.78 is 0. The van der Waals surface area contributed by atoms with Gasteiger partial charge in [0.15, 0.2) is 0 Å². The summed E-state index contributed by atoms with van der Waals surface area (Å²) in [6.07, 6.45) is 4.43. The zero-order chi connectivity index (χ0) is 10.8. The number of unbranched alkanes of at least 4 members (excludes halogenated alkanes) is 2. The lowest BCUT2D eigenvalue weighted by atomic mass is 10.2. The van der Waals surface area contributed by atoms with Crippen LogP contribution in [0.2, 0.25) is 0 Å². The number of benzene rings is 1. The molecule has 1 rings (SSSR count). The van der Waals surface area contributed by atoms with Gasteiger partial charge in [-0.1, -0.05) is 31.5 Å². The molecule has 1 heteroatoms. The van der Waals surface area contributed by atoms with Crippen molar-refractivity contribution in [2.75, 3.05) is 11.9 Å². The second kappa shape index (κ2) is 7.94. The van der Waals surface area contributed by atoms with Crippen LogP contribution in [0.1, 0.15) is 32.6 Å². The van der Waals surface area contributed by atoms with Crippen LogP contribution in [-0.4, -0.2) is 6.54 Å². The molecule has 0 heterocycles. The van der Waals surface area contributed by atoms with Crippen LogP contribution in [0.4, 0.5) is 5.69 Å². The van der Waals surface area contributed by atoms with Gasteiger partial charge in [-0.2, -0.15) is 0 Å². The van der Waals surface area contributed by atoms with Gasteiger partial charge in [-0.3, -0.25) is 0 Å². The minimum absolute atomic E-state index is 0.929. The highest BCUT2D eigenvalue weighted by Crippen LogP contribution is 2.04. The second-order valence-electron chi connectivity index (χ2n) is 3.50. The summed E-state index contributed by atoms with van der Waals surface area (Å²) >= 11 is 0. The molecule has 0 bridgehead atoms. The van der Waals surface area contributed by atoms with Crippen molar-refractivity contribution in [1.82, 2.24) is 0 Å². The Kier molecular flexibility index (Phi) is 6.17. The van der Waals surface area contributed by atoms with Gasteiger partial charge < -0.3 is 5.32 Å². The van der Waals surface area contributed by atoms with E-state index in [2.05, 4.69) is 36.2 Å². The fourth-order valence-corrected chi connectivity index (χ4v) is 1.27. The van der Waals surface area contributed by atoms with Crippen molar-refractivity contribution in [3.05, 3.63) is 30.3 Å². The van der Waals surface area contributed by atoms with Crippen molar-refractivity contribution < 1.29 is 0 Å². The maximum absolute atomic E-state index is 3.33. The molecule has 0 unspecified atom stereocenters. The average molecular weight is 201 g/mol. The molecule has 0 radical (unpaired) electrons. The van der Waals surface area contributed by atoms with Crippen LogP contribution < -0.4 is 5.32 Å². The predicted octanol–water partition coefficient (Wildman–Crippen LogP) is 3.68. The Morgan fingerprint density at radius 2 is 1.80 bits per heavy atom. The van der Waals surface area contributed by atoms with E-state index in [1.165, 1.54) is 18.5 Å². The standard InChI is InChI=1S/C14H19N/c1-2-3-4-5-6-10-13-15-14-11-8-7-9-12-14/h7-9,11-12,15H,2-4,10,13H2,1H3. The van der Waals surface area contributed by atoms with Gasteiger partial charge in [0.05, 0.1) is 0 Å². The molecular formula is C14H19N.